The lowest BCUT2D eigenvalue weighted by Gasteiger charge is -2.38. The molecule has 0 spiro atoms. The van der Waals surface area contributed by atoms with Gasteiger partial charge in [0.1, 0.15) is 16.7 Å². The van der Waals surface area contributed by atoms with Gasteiger partial charge in [0.2, 0.25) is 15.9 Å². The van der Waals surface area contributed by atoms with Gasteiger partial charge in [-0.3, -0.25) is 4.79 Å². The molecule has 7 nitrogen and oxygen atoms in total. The van der Waals surface area contributed by atoms with Crippen LogP contribution in [-0.4, -0.2) is 67.5 Å². The van der Waals surface area contributed by atoms with Gasteiger partial charge in [-0.25, -0.2) is 8.42 Å². The molecule has 0 saturated heterocycles. The largest absolute Gasteiger partial charge is 0.487 e. The molecule has 3 rings (SSSR count). The Labute approximate surface area is 198 Å². The number of carbonyl (C=O) groups excluding carboxylic acids is 1. The van der Waals surface area contributed by atoms with Crippen molar-refractivity contribution in [1.82, 2.24) is 9.21 Å². The summed E-state index contributed by atoms with van der Waals surface area (Å²) in [7, 11) is -2.10. The number of nitrogens with zero attached hydrogens (tertiary/aromatic N) is 2. The summed E-state index contributed by atoms with van der Waals surface area (Å²) >= 11 is 0. The van der Waals surface area contributed by atoms with E-state index >= 15 is 0 Å². The minimum atomic E-state index is -3.89. The second-order valence-electron chi connectivity index (χ2n) is 9.30. The Morgan fingerprint density at radius 1 is 1.36 bits per heavy atom. The Morgan fingerprint density at radius 2 is 2.09 bits per heavy atom. The number of carbonyl (C=O) groups is 1. The Bertz CT molecular complexity index is 1010. The van der Waals surface area contributed by atoms with Crippen molar-refractivity contribution in [3.05, 3.63) is 23.8 Å². The van der Waals surface area contributed by atoms with Crippen molar-refractivity contribution >= 4 is 15.9 Å². The fourth-order valence-electron chi connectivity index (χ4n) is 4.14. The van der Waals surface area contributed by atoms with Crippen LogP contribution in [0.5, 0.6) is 5.75 Å². The molecule has 0 aromatic heterocycles. The molecule has 1 saturated carbocycles. The van der Waals surface area contributed by atoms with E-state index in [2.05, 4.69) is 18.8 Å². The van der Waals surface area contributed by atoms with E-state index in [1.807, 2.05) is 6.92 Å². The Hall–Kier alpha value is -2.08. The highest BCUT2D eigenvalue weighted by atomic mass is 32.2. The predicted molar refractivity (Wildman–Crippen MR) is 127 cm³/mol. The van der Waals surface area contributed by atoms with Crippen molar-refractivity contribution in [3.8, 4) is 17.6 Å². The van der Waals surface area contributed by atoms with Crippen LogP contribution in [0.15, 0.2) is 23.1 Å². The Kier molecular flexibility index (Phi) is 8.43. The molecule has 1 N–H and O–H groups in total. The molecule has 1 amide bonds. The second-order valence-corrected chi connectivity index (χ2v) is 11.2. The summed E-state index contributed by atoms with van der Waals surface area (Å²) in [6.07, 6.45) is 4.23. The summed E-state index contributed by atoms with van der Waals surface area (Å²) in [4.78, 5) is 14.5. The molecule has 0 unspecified atom stereocenters. The van der Waals surface area contributed by atoms with Gasteiger partial charge in [-0.2, -0.15) is 4.31 Å². The minimum Gasteiger partial charge on any atom is -0.487 e. The van der Waals surface area contributed by atoms with E-state index in [1.54, 1.807) is 31.0 Å². The van der Waals surface area contributed by atoms with Gasteiger partial charge in [0.25, 0.3) is 0 Å². The zero-order valence-electron chi connectivity index (χ0n) is 20.1. The number of unbranched alkanes of at least 4 members (excludes halogenated alkanes) is 1. The van der Waals surface area contributed by atoms with Crippen LogP contribution >= 0.6 is 0 Å². The van der Waals surface area contributed by atoms with Crippen molar-refractivity contribution in [2.24, 2.45) is 11.8 Å². The van der Waals surface area contributed by atoms with Gasteiger partial charge in [0.15, 0.2) is 0 Å². The van der Waals surface area contributed by atoms with E-state index in [0.717, 1.165) is 32.1 Å². The molecule has 1 aliphatic carbocycles. The summed E-state index contributed by atoms with van der Waals surface area (Å²) in [6.45, 7) is 5.94. The average Bonchev–Trinajstić information content (AvgIpc) is 2.74. The zero-order chi connectivity index (χ0) is 24.2. The SMILES string of the molecule is CCCC#Cc1ccc2c(c1)O[C@H](CN(C)C(=O)C1CCC1)[C@@H](C)CN([C@@H](C)CO)S2(=O)=O. The maximum atomic E-state index is 13.5. The number of aliphatic hydroxyl groups is 1. The average molecular weight is 477 g/mol. The van der Waals surface area contributed by atoms with Crippen LogP contribution in [0.3, 0.4) is 0 Å². The van der Waals surface area contributed by atoms with Gasteiger partial charge in [0, 0.05) is 43.5 Å². The first-order valence-corrected chi connectivity index (χ1v) is 13.3. The van der Waals surface area contributed by atoms with Crippen LogP contribution in [0.25, 0.3) is 0 Å². The van der Waals surface area contributed by atoms with E-state index < -0.39 is 22.2 Å². The maximum Gasteiger partial charge on any atom is 0.247 e. The van der Waals surface area contributed by atoms with Gasteiger partial charge < -0.3 is 14.7 Å². The standard InChI is InChI=1S/C25H36N2O5S/c1-5-6-7-9-20-12-13-24-22(14-20)32-23(16-26(4)25(29)21-10-8-11-21)18(2)15-27(19(3)17-28)33(24,30)31/h12-14,18-19,21,23,28H,5-6,8,10-11,15-17H2,1-4H3/t18-,19-,23+/m0/s1. The van der Waals surface area contributed by atoms with E-state index in [0.29, 0.717) is 12.1 Å². The predicted octanol–water partition coefficient (Wildman–Crippen LogP) is 2.87. The van der Waals surface area contributed by atoms with Crippen LogP contribution in [0.2, 0.25) is 0 Å². The zero-order valence-corrected chi connectivity index (χ0v) is 20.9. The van der Waals surface area contributed by atoms with Gasteiger partial charge in [0.05, 0.1) is 13.2 Å². The highest BCUT2D eigenvalue weighted by Gasteiger charge is 2.39. The third kappa shape index (κ3) is 5.71. The molecular weight excluding hydrogens is 440 g/mol. The van der Waals surface area contributed by atoms with Crippen LogP contribution in [-0.2, 0) is 14.8 Å². The molecule has 1 aromatic carbocycles. The number of likely N-dealkylation sites (N-methyl/N-ethyl adjacent to an activating group) is 1. The first-order valence-electron chi connectivity index (χ1n) is 11.9. The third-order valence-corrected chi connectivity index (χ3v) is 8.58. The maximum absolute atomic E-state index is 13.5. The lowest BCUT2D eigenvalue weighted by atomic mass is 9.84. The van der Waals surface area contributed by atoms with Crippen molar-refractivity contribution < 1.29 is 23.1 Å². The smallest absolute Gasteiger partial charge is 0.247 e. The van der Waals surface area contributed by atoms with Crippen LogP contribution in [0.1, 0.15) is 58.4 Å². The van der Waals surface area contributed by atoms with Crippen molar-refractivity contribution in [3.63, 3.8) is 0 Å². The summed E-state index contributed by atoms with van der Waals surface area (Å²) in [6, 6.07) is 4.32. The fourth-order valence-corrected chi connectivity index (χ4v) is 5.96. The lowest BCUT2D eigenvalue weighted by molar-refractivity contribution is -0.138. The summed E-state index contributed by atoms with van der Waals surface area (Å²) in [5, 5.41) is 9.75. The number of sulfonamides is 1. The minimum absolute atomic E-state index is 0.0636. The Morgan fingerprint density at radius 3 is 2.70 bits per heavy atom. The number of aliphatic hydroxyl groups excluding tert-OH is 1. The molecule has 8 heteroatoms. The molecule has 2 aliphatic rings. The number of hydrogen-bond donors (Lipinski definition) is 1. The van der Waals surface area contributed by atoms with Crippen molar-refractivity contribution in [1.29, 1.82) is 0 Å². The monoisotopic (exact) mass is 476 g/mol. The summed E-state index contributed by atoms with van der Waals surface area (Å²) in [5.41, 5.74) is 0.685. The third-order valence-electron chi connectivity index (χ3n) is 6.56. The molecule has 3 atom stereocenters. The molecule has 1 aromatic rings. The van der Waals surface area contributed by atoms with Gasteiger partial charge >= 0.3 is 0 Å². The number of hydrogen-bond acceptors (Lipinski definition) is 5. The van der Waals surface area contributed by atoms with Gasteiger partial charge in [-0.15, -0.1) is 0 Å². The fraction of sp³-hybridized carbons (Fsp3) is 0.640. The van der Waals surface area contributed by atoms with E-state index in [9.17, 15) is 18.3 Å². The number of fused-ring (bicyclic) bond motifs is 1. The highest BCUT2D eigenvalue weighted by Crippen LogP contribution is 2.34. The number of amides is 1. The normalized spacial score (nSPS) is 23.5. The molecule has 1 heterocycles. The molecule has 0 bridgehead atoms. The molecule has 182 valence electrons. The highest BCUT2D eigenvalue weighted by molar-refractivity contribution is 7.89. The quantitative estimate of drug-likeness (QED) is 0.638. The van der Waals surface area contributed by atoms with Crippen LogP contribution in [0.4, 0.5) is 0 Å². The summed E-state index contributed by atoms with van der Waals surface area (Å²) in [5.74, 6) is 6.40. The molecular formula is C25H36N2O5S. The van der Waals surface area contributed by atoms with E-state index in [1.165, 1.54) is 10.4 Å². The number of benzene rings is 1. The van der Waals surface area contributed by atoms with E-state index in [-0.39, 0.29) is 41.5 Å². The van der Waals surface area contributed by atoms with Gasteiger partial charge in [-0.1, -0.05) is 32.1 Å². The lowest BCUT2D eigenvalue weighted by Crippen LogP contribution is -2.50. The van der Waals surface area contributed by atoms with Crippen LogP contribution < -0.4 is 4.74 Å². The van der Waals surface area contributed by atoms with E-state index in [4.69, 9.17) is 4.74 Å². The molecule has 1 aliphatic heterocycles. The summed E-state index contributed by atoms with van der Waals surface area (Å²) < 4.78 is 34.7. The number of ether oxygens (including phenoxy) is 1. The first-order chi connectivity index (χ1) is 15.7. The topological polar surface area (TPSA) is 87.2 Å². The van der Waals surface area contributed by atoms with Crippen LogP contribution in [0, 0.1) is 23.7 Å². The second kappa shape index (κ2) is 10.9. The molecule has 0 radical (unpaired) electrons. The first kappa shape index (κ1) is 25.5. The van der Waals surface area contributed by atoms with Gasteiger partial charge in [-0.05, 0) is 44.4 Å². The molecule has 1 fully saturated rings. The number of rotatable bonds is 6. The Balaban J connectivity index is 1.99. The molecule has 33 heavy (non-hydrogen) atoms. The van der Waals surface area contributed by atoms with Crippen molar-refractivity contribution in [2.75, 3.05) is 26.7 Å². The van der Waals surface area contributed by atoms with Crippen molar-refractivity contribution in [2.45, 2.75) is 69.9 Å².